The van der Waals surface area contributed by atoms with Crippen molar-refractivity contribution in [1.82, 2.24) is 29.3 Å². The van der Waals surface area contributed by atoms with Crippen molar-refractivity contribution in [3.63, 3.8) is 0 Å². The van der Waals surface area contributed by atoms with Crippen LogP contribution in [0.15, 0.2) is 60.9 Å². The Morgan fingerprint density at radius 1 is 1.06 bits per heavy atom. The molecule has 2 aromatic carbocycles. The number of hydrogen-bond donors (Lipinski definition) is 2. The van der Waals surface area contributed by atoms with E-state index in [1.165, 1.54) is 29.4 Å². The number of nitrogens with two attached hydrogens (primary N) is 1. The number of amides is 6. The Morgan fingerprint density at radius 2 is 1.79 bits per heavy atom. The summed E-state index contributed by atoms with van der Waals surface area (Å²) in [5, 5.41) is 7.31. The van der Waals surface area contributed by atoms with E-state index in [-0.39, 0.29) is 30.7 Å². The number of anilines is 3. The van der Waals surface area contributed by atoms with Crippen LogP contribution in [0.1, 0.15) is 31.4 Å². The molecule has 47 heavy (non-hydrogen) atoms. The van der Waals surface area contributed by atoms with E-state index in [9.17, 15) is 23.6 Å². The van der Waals surface area contributed by atoms with Crippen molar-refractivity contribution < 1.29 is 23.6 Å². The number of fused-ring (bicyclic) bond motifs is 1. The highest BCUT2D eigenvalue weighted by Crippen LogP contribution is 2.37. The number of benzene rings is 2. The van der Waals surface area contributed by atoms with Crippen molar-refractivity contribution in [2.24, 2.45) is 5.92 Å². The minimum atomic E-state index is -1.19. The Kier molecular flexibility index (Phi) is 8.50. The molecule has 6 rings (SSSR count). The van der Waals surface area contributed by atoms with Gasteiger partial charge >= 0.3 is 12.1 Å². The molecule has 3 N–H and O–H groups in total. The van der Waals surface area contributed by atoms with Gasteiger partial charge in [0.05, 0.1) is 5.69 Å². The Morgan fingerprint density at radius 3 is 2.45 bits per heavy atom. The molecule has 0 radical (unpaired) electrons. The fourth-order valence-electron chi connectivity index (χ4n) is 6.30. The lowest BCUT2D eigenvalue weighted by Crippen LogP contribution is -2.59. The fourth-order valence-corrected chi connectivity index (χ4v) is 6.30. The van der Waals surface area contributed by atoms with Crippen LogP contribution in [0.3, 0.4) is 0 Å². The van der Waals surface area contributed by atoms with Gasteiger partial charge in [0.1, 0.15) is 23.6 Å². The Labute approximate surface area is 270 Å². The van der Waals surface area contributed by atoms with Gasteiger partial charge in [-0.2, -0.15) is 5.10 Å². The van der Waals surface area contributed by atoms with Gasteiger partial charge in [0.15, 0.2) is 5.82 Å². The molecule has 4 aromatic rings. The molecule has 2 fully saturated rings. The fraction of sp³-hybridized carbons (Fsp3) is 0.333. The van der Waals surface area contributed by atoms with Crippen molar-refractivity contribution in [2.75, 3.05) is 56.2 Å². The third kappa shape index (κ3) is 5.93. The molecule has 2 aliphatic rings. The first kappa shape index (κ1) is 31.5. The summed E-state index contributed by atoms with van der Waals surface area (Å²) >= 11 is 0. The Bertz CT molecular complexity index is 1850. The lowest BCUT2D eigenvalue weighted by atomic mass is 9.93. The highest BCUT2D eigenvalue weighted by atomic mass is 19.1. The maximum absolute atomic E-state index is 14.0. The second-order valence-electron chi connectivity index (χ2n) is 11.9. The number of carbonyl (C=O) groups is 4. The number of aromatic nitrogens is 3. The molecule has 0 bridgehead atoms. The van der Waals surface area contributed by atoms with Gasteiger partial charge in [0, 0.05) is 63.1 Å². The van der Waals surface area contributed by atoms with Gasteiger partial charge in [0.2, 0.25) is 11.8 Å². The maximum Gasteiger partial charge on any atom is 0.331 e. The van der Waals surface area contributed by atoms with Gasteiger partial charge in [0.25, 0.3) is 0 Å². The van der Waals surface area contributed by atoms with E-state index in [4.69, 9.17) is 5.73 Å². The SMILES string of the molecule is CCN1CC(C(=O)Nc2ccc(-c3cc(C4CCN(C(=O)N(C)C)CC4)n4ncnc(N)c34)cc2)C(=O)N(c2cccc(F)c2)C1=O. The highest BCUT2D eigenvalue weighted by molar-refractivity contribution is 6.23. The summed E-state index contributed by atoms with van der Waals surface area (Å²) in [4.78, 5) is 62.2. The van der Waals surface area contributed by atoms with E-state index in [1.54, 1.807) is 38.1 Å². The standard InChI is InChI=1S/C33H36FN9O4/c1-4-40-18-26(31(45)42(33(40)47)24-7-5-6-22(34)16-24)30(44)38-23-10-8-20(9-11-23)25-17-27(43-28(25)29(35)36-19-37-43)21-12-14-41(15-13-21)32(46)39(2)3/h5-11,16-17,19,21,26H,4,12-15,18H2,1-3H3,(H,38,44)(H2,35,36,37). The maximum atomic E-state index is 14.0. The molecule has 1 atom stereocenters. The summed E-state index contributed by atoms with van der Waals surface area (Å²) in [5.41, 5.74) is 10.2. The van der Waals surface area contributed by atoms with Gasteiger partial charge in [-0.1, -0.05) is 18.2 Å². The van der Waals surface area contributed by atoms with Crippen LogP contribution in [0, 0.1) is 11.7 Å². The van der Waals surface area contributed by atoms with Crippen LogP contribution in [0.5, 0.6) is 0 Å². The number of halogens is 1. The van der Waals surface area contributed by atoms with Gasteiger partial charge in [-0.25, -0.2) is 28.4 Å². The minimum Gasteiger partial charge on any atom is -0.382 e. The molecule has 0 saturated carbocycles. The number of likely N-dealkylation sites (tertiary alicyclic amines) is 1. The van der Waals surface area contributed by atoms with E-state index in [2.05, 4.69) is 21.5 Å². The minimum absolute atomic E-state index is 0.00384. The second kappa shape index (κ2) is 12.7. The van der Waals surface area contributed by atoms with Crippen molar-refractivity contribution in [3.05, 3.63) is 72.4 Å². The van der Waals surface area contributed by atoms with E-state index in [0.717, 1.165) is 40.6 Å². The van der Waals surface area contributed by atoms with Crippen molar-refractivity contribution in [1.29, 1.82) is 0 Å². The van der Waals surface area contributed by atoms with Crippen LogP contribution in [0.25, 0.3) is 16.6 Å². The van der Waals surface area contributed by atoms with Crippen LogP contribution in [0.2, 0.25) is 0 Å². The number of nitrogens with zero attached hydrogens (tertiary/aromatic N) is 7. The molecule has 244 valence electrons. The van der Waals surface area contributed by atoms with Crippen LogP contribution in [0.4, 0.5) is 31.2 Å². The normalized spacial score (nSPS) is 17.4. The zero-order valence-corrected chi connectivity index (χ0v) is 26.4. The first-order valence-electron chi connectivity index (χ1n) is 15.5. The highest BCUT2D eigenvalue weighted by Gasteiger charge is 2.43. The average Bonchev–Trinajstić information content (AvgIpc) is 3.46. The number of nitrogens with one attached hydrogen (secondary N) is 1. The van der Waals surface area contributed by atoms with E-state index in [0.29, 0.717) is 30.1 Å². The number of hydrogen-bond acceptors (Lipinski definition) is 7. The predicted octanol–water partition coefficient (Wildman–Crippen LogP) is 4.02. The molecular weight excluding hydrogens is 605 g/mol. The molecular formula is C33H36FN9O4. The van der Waals surface area contributed by atoms with Gasteiger partial charge < -0.3 is 25.8 Å². The van der Waals surface area contributed by atoms with Gasteiger partial charge in [-0.15, -0.1) is 0 Å². The zero-order valence-electron chi connectivity index (χ0n) is 26.4. The molecule has 2 aliphatic heterocycles. The molecule has 14 heteroatoms. The van der Waals surface area contributed by atoms with Crippen molar-refractivity contribution in [2.45, 2.75) is 25.7 Å². The molecule has 2 aromatic heterocycles. The first-order chi connectivity index (χ1) is 22.6. The van der Waals surface area contributed by atoms with Crippen LogP contribution in [-0.4, -0.2) is 93.4 Å². The third-order valence-electron chi connectivity index (χ3n) is 8.79. The van der Waals surface area contributed by atoms with Crippen molar-refractivity contribution in [3.8, 4) is 11.1 Å². The number of imide groups is 1. The van der Waals surface area contributed by atoms with E-state index < -0.39 is 29.6 Å². The van der Waals surface area contributed by atoms with Crippen LogP contribution < -0.4 is 16.0 Å². The number of piperidine rings is 1. The van der Waals surface area contributed by atoms with E-state index in [1.807, 2.05) is 21.5 Å². The van der Waals surface area contributed by atoms with Crippen LogP contribution >= 0.6 is 0 Å². The topological polar surface area (TPSA) is 149 Å². The lowest BCUT2D eigenvalue weighted by molar-refractivity contribution is -0.132. The quantitative estimate of drug-likeness (QED) is 0.302. The molecule has 6 amide bonds. The second-order valence-corrected chi connectivity index (χ2v) is 11.9. The summed E-state index contributed by atoms with van der Waals surface area (Å²) in [7, 11) is 3.50. The summed E-state index contributed by atoms with van der Waals surface area (Å²) in [6, 6.07) is 13.7. The number of urea groups is 2. The number of carbonyl (C=O) groups excluding carboxylic acids is 4. The van der Waals surface area contributed by atoms with E-state index >= 15 is 0 Å². The molecule has 2 saturated heterocycles. The van der Waals surface area contributed by atoms with Gasteiger partial charge in [-0.3, -0.25) is 9.59 Å². The van der Waals surface area contributed by atoms with Gasteiger partial charge in [-0.05, 0) is 61.7 Å². The predicted molar refractivity (Wildman–Crippen MR) is 174 cm³/mol. The number of rotatable bonds is 6. The Balaban J connectivity index is 1.22. The summed E-state index contributed by atoms with van der Waals surface area (Å²) in [5.74, 6) is -2.61. The zero-order chi connectivity index (χ0) is 33.4. The lowest BCUT2D eigenvalue weighted by Gasteiger charge is -2.37. The smallest absolute Gasteiger partial charge is 0.331 e. The molecule has 4 heterocycles. The summed E-state index contributed by atoms with van der Waals surface area (Å²) in [6.45, 7) is 3.18. The summed E-state index contributed by atoms with van der Waals surface area (Å²) < 4.78 is 15.8. The third-order valence-corrected chi connectivity index (χ3v) is 8.79. The Hall–Kier alpha value is -5.53. The average molecular weight is 642 g/mol. The summed E-state index contributed by atoms with van der Waals surface area (Å²) in [6.07, 6.45) is 2.98. The van der Waals surface area contributed by atoms with Crippen molar-refractivity contribution >= 4 is 46.6 Å². The molecule has 1 unspecified atom stereocenters. The largest absolute Gasteiger partial charge is 0.382 e. The monoisotopic (exact) mass is 641 g/mol. The molecule has 0 spiro atoms. The molecule has 13 nitrogen and oxygen atoms in total. The van der Waals surface area contributed by atoms with Crippen LogP contribution in [-0.2, 0) is 9.59 Å². The number of nitrogen functional groups attached to an aromatic ring is 1. The first-order valence-corrected chi connectivity index (χ1v) is 15.5. The molecule has 0 aliphatic carbocycles.